The molecule has 1 aromatic rings. The maximum Gasteiger partial charge on any atom is 0.243 e. The molecule has 2 aliphatic rings. The third kappa shape index (κ3) is 3.45. The monoisotopic (exact) mass is 327 g/mol. The topological polar surface area (TPSA) is 87.3 Å². The Morgan fingerprint density at radius 3 is 2.68 bits per heavy atom. The molecule has 1 saturated carbocycles. The maximum absolute atomic E-state index is 13.8. The van der Waals surface area contributed by atoms with Crippen molar-refractivity contribution in [1.82, 2.24) is 10.0 Å². The van der Waals surface area contributed by atoms with Crippen molar-refractivity contribution in [2.75, 3.05) is 18.4 Å². The minimum Gasteiger partial charge on any atom is -0.326 e. The van der Waals surface area contributed by atoms with Gasteiger partial charge in [-0.2, -0.15) is 0 Å². The molecule has 0 aromatic heterocycles. The second-order valence-electron chi connectivity index (χ2n) is 5.72. The minimum absolute atomic E-state index is 0.104. The van der Waals surface area contributed by atoms with Crippen LogP contribution in [0.4, 0.5) is 10.1 Å². The Bertz CT molecular complexity index is 683. The minimum atomic E-state index is -3.89. The van der Waals surface area contributed by atoms with Gasteiger partial charge in [-0.25, -0.2) is 17.5 Å². The Labute approximate surface area is 128 Å². The van der Waals surface area contributed by atoms with Crippen molar-refractivity contribution < 1.29 is 17.6 Å². The van der Waals surface area contributed by atoms with Crippen LogP contribution in [0.25, 0.3) is 0 Å². The van der Waals surface area contributed by atoms with Gasteiger partial charge in [-0.1, -0.05) is 0 Å². The highest BCUT2D eigenvalue weighted by Gasteiger charge is 2.30. The van der Waals surface area contributed by atoms with Crippen LogP contribution in [-0.2, 0) is 14.8 Å². The van der Waals surface area contributed by atoms with Crippen LogP contribution in [0, 0.1) is 11.7 Å². The van der Waals surface area contributed by atoms with Gasteiger partial charge in [-0.05, 0) is 44.0 Å². The van der Waals surface area contributed by atoms with Gasteiger partial charge in [0, 0.05) is 18.3 Å². The zero-order chi connectivity index (χ0) is 15.7. The first-order valence-corrected chi connectivity index (χ1v) is 8.77. The third-order valence-corrected chi connectivity index (χ3v) is 5.35. The number of carbonyl (C=O) groups is 1. The summed E-state index contributed by atoms with van der Waals surface area (Å²) < 4.78 is 40.5. The lowest BCUT2D eigenvalue weighted by molar-refractivity contribution is -0.119. The molecule has 1 aromatic carbocycles. The third-order valence-electron chi connectivity index (χ3n) is 3.82. The van der Waals surface area contributed by atoms with E-state index in [1.807, 2.05) is 0 Å². The number of halogens is 1. The van der Waals surface area contributed by atoms with Crippen molar-refractivity contribution in [3.8, 4) is 0 Å². The van der Waals surface area contributed by atoms with Crippen molar-refractivity contribution in [3.05, 3.63) is 24.0 Å². The van der Waals surface area contributed by atoms with E-state index in [2.05, 4.69) is 15.4 Å². The molecule has 3 N–H and O–H groups in total. The van der Waals surface area contributed by atoms with Crippen molar-refractivity contribution in [2.45, 2.75) is 30.2 Å². The van der Waals surface area contributed by atoms with E-state index in [9.17, 15) is 17.6 Å². The molecule has 1 atom stereocenters. The molecule has 1 heterocycles. The van der Waals surface area contributed by atoms with Crippen molar-refractivity contribution in [3.63, 3.8) is 0 Å². The number of carbonyl (C=O) groups excluding carboxylic acids is 1. The Balaban J connectivity index is 1.78. The molecule has 0 radical (unpaired) electrons. The molecule has 1 aliphatic heterocycles. The zero-order valence-corrected chi connectivity index (χ0v) is 12.7. The van der Waals surface area contributed by atoms with E-state index < -0.39 is 20.7 Å². The Morgan fingerprint density at radius 1 is 1.27 bits per heavy atom. The molecule has 120 valence electrons. The van der Waals surface area contributed by atoms with E-state index in [-0.39, 0.29) is 23.6 Å². The van der Waals surface area contributed by atoms with Gasteiger partial charge >= 0.3 is 0 Å². The van der Waals surface area contributed by atoms with Crippen LogP contribution < -0.4 is 15.4 Å². The van der Waals surface area contributed by atoms with E-state index in [0.717, 1.165) is 31.9 Å². The fourth-order valence-electron chi connectivity index (χ4n) is 2.39. The van der Waals surface area contributed by atoms with Gasteiger partial charge in [0.1, 0.15) is 10.7 Å². The van der Waals surface area contributed by atoms with E-state index in [1.165, 1.54) is 12.1 Å². The average molecular weight is 327 g/mol. The zero-order valence-electron chi connectivity index (χ0n) is 11.9. The molecule has 6 nitrogen and oxygen atoms in total. The van der Waals surface area contributed by atoms with Crippen LogP contribution in [0.2, 0.25) is 0 Å². The quantitative estimate of drug-likeness (QED) is 0.747. The normalized spacial score (nSPS) is 21.8. The second-order valence-corrected chi connectivity index (χ2v) is 7.40. The molecule has 1 unspecified atom stereocenters. The number of rotatable bonds is 5. The van der Waals surface area contributed by atoms with Crippen molar-refractivity contribution in [2.24, 2.45) is 5.92 Å². The summed E-state index contributed by atoms with van der Waals surface area (Å²) in [6.07, 6.45) is 2.28. The number of amides is 1. The lowest BCUT2D eigenvalue weighted by Crippen LogP contribution is -2.27. The summed E-state index contributed by atoms with van der Waals surface area (Å²) in [6.45, 7) is 1.38. The van der Waals surface area contributed by atoms with Crippen molar-refractivity contribution in [1.29, 1.82) is 0 Å². The number of anilines is 1. The van der Waals surface area contributed by atoms with E-state index in [0.29, 0.717) is 6.54 Å². The number of nitrogens with one attached hydrogen (secondary N) is 3. The largest absolute Gasteiger partial charge is 0.326 e. The number of sulfonamides is 1. The first-order valence-electron chi connectivity index (χ1n) is 7.29. The number of benzene rings is 1. The molecule has 0 bridgehead atoms. The molecule has 3 rings (SSSR count). The molecule has 22 heavy (non-hydrogen) atoms. The lowest BCUT2D eigenvalue weighted by atomic mass is 10.1. The molecular weight excluding hydrogens is 309 g/mol. The predicted molar refractivity (Wildman–Crippen MR) is 79.3 cm³/mol. The van der Waals surface area contributed by atoms with Crippen LogP contribution in [-0.4, -0.2) is 33.5 Å². The van der Waals surface area contributed by atoms with Gasteiger partial charge in [0.2, 0.25) is 15.9 Å². The molecule has 8 heteroatoms. The summed E-state index contributed by atoms with van der Waals surface area (Å²) in [7, 11) is -3.89. The van der Waals surface area contributed by atoms with Crippen LogP contribution in [0.3, 0.4) is 0 Å². The lowest BCUT2D eigenvalue weighted by Gasteiger charge is -2.12. The average Bonchev–Trinajstić information content (AvgIpc) is 3.09. The van der Waals surface area contributed by atoms with Gasteiger partial charge in [0.05, 0.1) is 5.92 Å². The second kappa shape index (κ2) is 5.94. The van der Waals surface area contributed by atoms with E-state index >= 15 is 0 Å². The smallest absolute Gasteiger partial charge is 0.243 e. The summed E-state index contributed by atoms with van der Waals surface area (Å²) in [5.41, 5.74) is 0.287. The first-order chi connectivity index (χ1) is 10.5. The Hall–Kier alpha value is -1.51. The summed E-state index contributed by atoms with van der Waals surface area (Å²) in [5, 5.41) is 5.74. The van der Waals surface area contributed by atoms with Crippen LogP contribution >= 0.6 is 0 Å². The Kier molecular flexibility index (Phi) is 4.16. The standard InChI is InChI=1S/C14H18FN3O3S/c15-12-4-3-11(17-14(19)9-5-6-16-8-9)7-13(12)22(20,21)18-10-1-2-10/h3-4,7,9-10,16,18H,1-2,5-6,8H2,(H,17,19). The molecule has 0 spiro atoms. The van der Waals surface area contributed by atoms with Gasteiger partial charge in [0.25, 0.3) is 0 Å². The van der Waals surface area contributed by atoms with Gasteiger partial charge < -0.3 is 10.6 Å². The molecule has 1 aliphatic carbocycles. The highest BCUT2D eigenvalue weighted by molar-refractivity contribution is 7.89. The fourth-order valence-corrected chi connectivity index (χ4v) is 3.80. The van der Waals surface area contributed by atoms with Gasteiger partial charge in [-0.3, -0.25) is 4.79 Å². The fraction of sp³-hybridized carbons (Fsp3) is 0.500. The van der Waals surface area contributed by atoms with Crippen molar-refractivity contribution >= 4 is 21.6 Å². The molecular formula is C14H18FN3O3S. The Morgan fingerprint density at radius 2 is 2.05 bits per heavy atom. The summed E-state index contributed by atoms with van der Waals surface area (Å²) >= 11 is 0. The maximum atomic E-state index is 13.8. The predicted octanol–water partition coefficient (Wildman–Crippen LogP) is 0.814. The summed E-state index contributed by atoms with van der Waals surface area (Å²) in [4.78, 5) is 11.6. The molecule has 1 saturated heterocycles. The summed E-state index contributed by atoms with van der Waals surface area (Å²) in [5.74, 6) is -1.15. The first kappa shape index (κ1) is 15.4. The highest BCUT2D eigenvalue weighted by atomic mass is 32.2. The van der Waals surface area contributed by atoms with Crippen LogP contribution in [0.15, 0.2) is 23.1 Å². The van der Waals surface area contributed by atoms with Crippen LogP contribution in [0.1, 0.15) is 19.3 Å². The van der Waals surface area contributed by atoms with Gasteiger partial charge in [-0.15, -0.1) is 0 Å². The van der Waals surface area contributed by atoms with E-state index in [4.69, 9.17) is 0 Å². The van der Waals surface area contributed by atoms with Gasteiger partial charge in [0.15, 0.2) is 0 Å². The number of hydrogen-bond acceptors (Lipinski definition) is 4. The van der Waals surface area contributed by atoms with E-state index in [1.54, 1.807) is 0 Å². The highest BCUT2D eigenvalue weighted by Crippen LogP contribution is 2.25. The van der Waals surface area contributed by atoms with Crippen LogP contribution in [0.5, 0.6) is 0 Å². The molecule has 2 fully saturated rings. The summed E-state index contributed by atoms with van der Waals surface area (Å²) in [6, 6.07) is 3.49. The molecule has 1 amide bonds. The SMILES string of the molecule is O=C(Nc1ccc(F)c(S(=O)(=O)NC2CC2)c1)C1CCNC1. The number of hydrogen-bond donors (Lipinski definition) is 3.